The van der Waals surface area contributed by atoms with Crippen molar-refractivity contribution in [3.63, 3.8) is 0 Å². The van der Waals surface area contributed by atoms with Gasteiger partial charge in [-0.05, 0) is 32.9 Å². The first-order chi connectivity index (χ1) is 7.29. The molecule has 0 spiro atoms. The fourth-order valence-electron chi connectivity index (χ4n) is 1.51. The highest BCUT2D eigenvalue weighted by molar-refractivity contribution is 5.92. The Morgan fingerprint density at radius 1 is 1.50 bits per heavy atom. The van der Waals surface area contributed by atoms with Gasteiger partial charge in [0.15, 0.2) is 0 Å². The zero-order valence-corrected chi connectivity index (χ0v) is 10.2. The molecule has 0 unspecified atom stereocenters. The highest BCUT2D eigenvalue weighted by Crippen LogP contribution is 2.07. The number of pyridine rings is 1. The summed E-state index contributed by atoms with van der Waals surface area (Å²) in [6.45, 7) is 5.45. The summed E-state index contributed by atoms with van der Waals surface area (Å²) < 4.78 is 0. The second kappa shape index (κ2) is 4.61. The Balaban J connectivity index is 2.78. The molecule has 1 N–H and O–H groups in total. The van der Waals surface area contributed by atoms with E-state index in [0.29, 0.717) is 5.69 Å². The lowest BCUT2D eigenvalue weighted by Crippen LogP contribution is -2.40. The number of aryl methyl sites for hydroxylation is 1. The quantitative estimate of drug-likeness (QED) is 0.837. The molecule has 88 valence electrons. The summed E-state index contributed by atoms with van der Waals surface area (Å²) in [5.74, 6) is -0.175. The van der Waals surface area contributed by atoms with Gasteiger partial charge in [0.25, 0.3) is 5.91 Å². The van der Waals surface area contributed by atoms with Gasteiger partial charge in [-0.15, -0.1) is 0 Å². The van der Waals surface area contributed by atoms with Crippen LogP contribution in [-0.4, -0.2) is 40.1 Å². The Morgan fingerprint density at radius 3 is 2.62 bits per heavy atom. The van der Waals surface area contributed by atoms with Crippen LogP contribution < -0.4 is 0 Å². The zero-order valence-electron chi connectivity index (χ0n) is 10.2. The summed E-state index contributed by atoms with van der Waals surface area (Å²) in [6.07, 6.45) is 0. The molecule has 0 bridgehead atoms. The first-order valence-corrected chi connectivity index (χ1v) is 5.21. The molecule has 1 aromatic rings. The molecule has 0 saturated heterocycles. The molecule has 0 saturated carbocycles. The van der Waals surface area contributed by atoms with Gasteiger partial charge in [-0.3, -0.25) is 4.79 Å². The molecule has 1 amide bonds. The maximum absolute atomic E-state index is 11.9. The molecule has 0 aliphatic carbocycles. The molecule has 4 nitrogen and oxygen atoms in total. The zero-order chi connectivity index (χ0) is 12.3. The summed E-state index contributed by atoms with van der Waals surface area (Å²) >= 11 is 0. The maximum Gasteiger partial charge on any atom is 0.272 e. The van der Waals surface area contributed by atoms with Crippen LogP contribution in [0.3, 0.4) is 0 Å². The number of amides is 1. The summed E-state index contributed by atoms with van der Waals surface area (Å²) in [5, 5.41) is 9.62. The van der Waals surface area contributed by atoms with Crippen LogP contribution in [0.15, 0.2) is 18.2 Å². The van der Waals surface area contributed by atoms with Crippen LogP contribution in [0.1, 0.15) is 30.0 Å². The van der Waals surface area contributed by atoms with Crippen LogP contribution in [0.4, 0.5) is 0 Å². The van der Waals surface area contributed by atoms with Crippen molar-refractivity contribution in [3.05, 3.63) is 29.6 Å². The summed E-state index contributed by atoms with van der Waals surface area (Å²) in [6, 6.07) is 5.32. The van der Waals surface area contributed by atoms with Gasteiger partial charge in [0.1, 0.15) is 5.69 Å². The van der Waals surface area contributed by atoms with E-state index in [9.17, 15) is 9.90 Å². The van der Waals surface area contributed by atoms with E-state index in [1.165, 1.54) is 4.90 Å². The highest BCUT2D eigenvalue weighted by atomic mass is 16.3. The lowest BCUT2D eigenvalue weighted by molar-refractivity contribution is 0.0365. The van der Waals surface area contributed by atoms with Gasteiger partial charge >= 0.3 is 0 Å². The van der Waals surface area contributed by atoms with Crippen molar-refractivity contribution in [3.8, 4) is 0 Å². The molecule has 0 atom stereocenters. The molecule has 0 radical (unpaired) electrons. The minimum Gasteiger partial charge on any atom is -0.389 e. The Bertz CT molecular complexity index is 383. The van der Waals surface area contributed by atoms with E-state index in [1.807, 2.05) is 13.0 Å². The molecular formula is C12H18N2O2. The van der Waals surface area contributed by atoms with Crippen molar-refractivity contribution in [2.75, 3.05) is 13.6 Å². The van der Waals surface area contributed by atoms with E-state index >= 15 is 0 Å². The fraction of sp³-hybridized carbons (Fsp3) is 0.500. The van der Waals surface area contributed by atoms with E-state index in [0.717, 1.165) is 5.69 Å². The lowest BCUT2D eigenvalue weighted by atomic mass is 10.1. The molecule has 16 heavy (non-hydrogen) atoms. The number of rotatable bonds is 3. The van der Waals surface area contributed by atoms with Crippen LogP contribution in [0.25, 0.3) is 0 Å². The third-order valence-electron chi connectivity index (χ3n) is 2.08. The van der Waals surface area contributed by atoms with Crippen LogP contribution >= 0.6 is 0 Å². The topological polar surface area (TPSA) is 53.4 Å². The lowest BCUT2D eigenvalue weighted by Gasteiger charge is -2.25. The number of aromatic nitrogens is 1. The molecular weight excluding hydrogens is 204 g/mol. The van der Waals surface area contributed by atoms with Gasteiger partial charge in [0.2, 0.25) is 0 Å². The van der Waals surface area contributed by atoms with Gasteiger partial charge in [0, 0.05) is 19.3 Å². The van der Waals surface area contributed by atoms with Crippen molar-refractivity contribution >= 4 is 5.91 Å². The van der Waals surface area contributed by atoms with E-state index in [1.54, 1.807) is 33.0 Å². The number of carbonyl (C=O) groups excluding carboxylic acids is 1. The fourth-order valence-corrected chi connectivity index (χ4v) is 1.51. The monoisotopic (exact) mass is 222 g/mol. The predicted molar refractivity (Wildman–Crippen MR) is 62.2 cm³/mol. The van der Waals surface area contributed by atoms with Crippen molar-refractivity contribution in [1.29, 1.82) is 0 Å². The van der Waals surface area contributed by atoms with Crippen LogP contribution in [0, 0.1) is 6.92 Å². The second-order valence-corrected chi connectivity index (χ2v) is 4.64. The molecule has 0 aromatic carbocycles. The van der Waals surface area contributed by atoms with E-state index < -0.39 is 5.60 Å². The van der Waals surface area contributed by atoms with Gasteiger partial charge in [-0.1, -0.05) is 6.07 Å². The number of hydrogen-bond acceptors (Lipinski definition) is 3. The van der Waals surface area contributed by atoms with Gasteiger partial charge in [-0.25, -0.2) is 4.98 Å². The molecule has 0 aliphatic rings. The minimum absolute atomic E-state index is 0.175. The Labute approximate surface area is 95.9 Å². The second-order valence-electron chi connectivity index (χ2n) is 4.64. The Morgan fingerprint density at radius 2 is 2.12 bits per heavy atom. The molecule has 4 heteroatoms. The Hall–Kier alpha value is -1.42. The largest absolute Gasteiger partial charge is 0.389 e. The van der Waals surface area contributed by atoms with Gasteiger partial charge in [-0.2, -0.15) is 0 Å². The maximum atomic E-state index is 11.9. The summed E-state index contributed by atoms with van der Waals surface area (Å²) in [7, 11) is 1.66. The van der Waals surface area contributed by atoms with Crippen LogP contribution in [-0.2, 0) is 0 Å². The standard InChI is InChI=1S/C12H18N2O2/c1-9-6-5-7-10(13-9)11(15)14(4)8-12(2,3)16/h5-7,16H,8H2,1-4H3. The van der Waals surface area contributed by atoms with E-state index in [2.05, 4.69) is 4.98 Å². The number of aliphatic hydroxyl groups is 1. The average molecular weight is 222 g/mol. The predicted octanol–water partition coefficient (Wildman–Crippen LogP) is 1.23. The summed E-state index contributed by atoms with van der Waals surface area (Å²) in [4.78, 5) is 17.6. The van der Waals surface area contributed by atoms with Crippen LogP contribution in [0.2, 0.25) is 0 Å². The number of carbonyl (C=O) groups is 1. The Kier molecular flexibility index (Phi) is 3.65. The SMILES string of the molecule is Cc1cccc(C(=O)N(C)CC(C)(C)O)n1. The van der Waals surface area contributed by atoms with Gasteiger partial charge < -0.3 is 10.0 Å². The molecule has 0 aliphatic heterocycles. The smallest absolute Gasteiger partial charge is 0.272 e. The van der Waals surface area contributed by atoms with Crippen LogP contribution in [0.5, 0.6) is 0 Å². The average Bonchev–Trinajstić information content (AvgIpc) is 2.14. The number of nitrogens with zero attached hydrogens (tertiary/aromatic N) is 2. The third-order valence-corrected chi connectivity index (χ3v) is 2.08. The molecule has 1 heterocycles. The van der Waals surface area contributed by atoms with Crippen molar-refractivity contribution in [1.82, 2.24) is 9.88 Å². The van der Waals surface area contributed by atoms with Crippen molar-refractivity contribution in [2.45, 2.75) is 26.4 Å². The first kappa shape index (κ1) is 12.6. The normalized spacial score (nSPS) is 11.3. The third kappa shape index (κ3) is 3.62. The van der Waals surface area contributed by atoms with Crippen molar-refractivity contribution in [2.24, 2.45) is 0 Å². The van der Waals surface area contributed by atoms with Gasteiger partial charge in [0.05, 0.1) is 5.60 Å². The number of likely N-dealkylation sites (N-methyl/N-ethyl adjacent to an activating group) is 1. The highest BCUT2D eigenvalue weighted by Gasteiger charge is 2.20. The number of hydrogen-bond donors (Lipinski definition) is 1. The first-order valence-electron chi connectivity index (χ1n) is 5.21. The van der Waals surface area contributed by atoms with Crippen molar-refractivity contribution < 1.29 is 9.90 Å². The van der Waals surface area contributed by atoms with E-state index in [-0.39, 0.29) is 12.5 Å². The molecule has 1 rings (SSSR count). The molecule has 0 fully saturated rings. The molecule has 1 aromatic heterocycles. The summed E-state index contributed by atoms with van der Waals surface area (Å²) in [5.41, 5.74) is 0.322. The minimum atomic E-state index is -0.895. The van der Waals surface area contributed by atoms with E-state index in [4.69, 9.17) is 0 Å².